The van der Waals surface area contributed by atoms with Crippen molar-refractivity contribution in [3.05, 3.63) is 65.0 Å². The Balaban J connectivity index is 1.25. The molecule has 2 fully saturated rings. The highest BCUT2D eigenvalue weighted by Crippen LogP contribution is 2.45. The molecule has 0 bridgehead atoms. The van der Waals surface area contributed by atoms with E-state index in [2.05, 4.69) is 11.7 Å². The molecule has 1 nitrogen and oxygen atoms in total. The second-order valence-corrected chi connectivity index (χ2v) is 11.2. The van der Waals surface area contributed by atoms with Crippen LogP contribution in [-0.4, -0.2) is 0 Å². The number of rotatable bonds is 10. The lowest BCUT2D eigenvalue weighted by molar-refractivity contribution is -0.185. The van der Waals surface area contributed by atoms with E-state index in [4.69, 9.17) is 0 Å². The first-order valence-electron chi connectivity index (χ1n) is 14.1. The first-order valence-corrected chi connectivity index (χ1v) is 14.1. The van der Waals surface area contributed by atoms with Crippen molar-refractivity contribution in [3.8, 4) is 5.75 Å². The molecule has 0 saturated heterocycles. The van der Waals surface area contributed by atoms with Crippen LogP contribution in [0.15, 0.2) is 36.4 Å². The molecule has 0 heterocycles. The average Bonchev–Trinajstić information content (AvgIpc) is 2.90. The van der Waals surface area contributed by atoms with E-state index in [0.29, 0.717) is 18.1 Å². The van der Waals surface area contributed by atoms with E-state index in [1.165, 1.54) is 82.8 Å². The van der Waals surface area contributed by atoms with Crippen LogP contribution in [0.5, 0.6) is 5.75 Å². The molecule has 2 aromatic rings. The van der Waals surface area contributed by atoms with Crippen molar-refractivity contribution in [2.24, 2.45) is 17.8 Å². The molecule has 2 aliphatic carbocycles. The summed E-state index contributed by atoms with van der Waals surface area (Å²) in [5, 5.41) is 0. The second-order valence-electron chi connectivity index (χ2n) is 11.2. The van der Waals surface area contributed by atoms with Crippen molar-refractivity contribution in [2.75, 3.05) is 0 Å². The van der Waals surface area contributed by atoms with Crippen molar-refractivity contribution in [1.82, 2.24) is 0 Å². The summed E-state index contributed by atoms with van der Waals surface area (Å²) < 4.78 is 73.6. The summed E-state index contributed by atoms with van der Waals surface area (Å²) >= 11 is 0. The molecule has 0 radical (unpaired) electrons. The molecule has 0 atom stereocenters. The van der Waals surface area contributed by atoms with E-state index in [9.17, 15) is 22.0 Å². The first-order chi connectivity index (χ1) is 17.8. The topological polar surface area (TPSA) is 9.23 Å². The monoisotopic (exact) mass is 522 g/mol. The Bertz CT molecular complexity index is 966. The minimum Gasteiger partial charge on any atom is -0.429 e. The first kappa shape index (κ1) is 27.9. The molecule has 0 spiro atoms. The van der Waals surface area contributed by atoms with Gasteiger partial charge in [0.2, 0.25) is 0 Å². The predicted molar refractivity (Wildman–Crippen MR) is 136 cm³/mol. The summed E-state index contributed by atoms with van der Waals surface area (Å²) in [6.45, 7) is 2.26. The molecule has 0 aromatic heterocycles. The van der Waals surface area contributed by atoms with Crippen molar-refractivity contribution in [2.45, 2.75) is 102 Å². The Morgan fingerprint density at radius 2 is 1.32 bits per heavy atom. The van der Waals surface area contributed by atoms with Gasteiger partial charge in [0.25, 0.3) is 0 Å². The largest absolute Gasteiger partial charge is 0.429 e. The smallest absolute Gasteiger partial charge is 0.426 e. The van der Waals surface area contributed by atoms with Crippen LogP contribution in [0.1, 0.15) is 107 Å². The SMILES string of the molecule is CCCCCC[C@H]1CC[C@H]([C@H]2CC[C@H](c3ccc(C(F)(F)Oc4cc(F)c(F)c(F)c4)cc3)CC2)CC1. The van der Waals surface area contributed by atoms with Crippen LogP contribution in [0.3, 0.4) is 0 Å². The molecule has 6 heteroatoms. The van der Waals surface area contributed by atoms with Gasteiger partial charge in [-0.2, -0.15) is 8.78 Å². The summed E-state index contributed by atoms with van der Waals surface area (Å²) in [6.07, 6.45) is 13.0. The molecule has 0 aliphatic heterocycles. The molecule has 2 saturated carbocycles. The van der Waals surface area contributed by atoms with E-state index in [0.717, 1.165) is 36.2 Å². The van der Waals surface area contributed by atoms with Crippen molar-refractivity contribution < 1.29 is 26.7 Å². The van der Waals surface area contributed by atoms with E-state index < -0.39 is 34.9 Å². The number of halogens is 5. The zero-order valence-electron chi connectivity index (χ0n) is 21.8. The molecule has 204 valence electrons. The van der Waals surface area contributed by atoms with Crippen molar-refractivity contribution in [1.29, 1.82) is 0 Å². The van der Waals surface area contributed by atoms with Crippen LogP contribution >= 0.6 is 0 Å². The summed E-state index contributed by atoms with van der Waals surface area (Å²) in [7, 11) is 0. The maximum absolute atomic E-state index is 14.6. The van der Waals surface area contributed by atoms with Crippen LogP contribution in [0.2, 0.25) is 0 Å². The van der Waals surface area contributed by atoms with Gasteiger partial charge in [-0.3, -0.25) is 0 Å². The van der Waals surface area contributed by atoms with E-state index in [1.54, 1.807) is 12.1 Å². The third-order valence-corrected chi connectivity index (χ3v) is 8.72. The highest BCUT2D eigenvalue weighted by molar-refractivity contribution is 5.30. The van der Waals surface area contributed by atoms with Gasteiger partial charge in [-0.05, 0) is 79.9 Å². The van der Waals surface area contributed by atoms with E-state index in [1.807, 2.05) is 0 Å². The molecule has 2 aliphatic rings. The molecule has 0 N–H and O–H groups in total. The lowest BCUT2D eigenvalue weighted by atomic mass is 9.68. The fourth-order valence-corrected chi connectivity index (χ4v) is 6.48. The van der Waals surface area contributed by atoms with E-state index >= 15 is 0 Å². The maximum atomic E-state index is 14.6. The maximum Gasteiger partial charge on any atom is 0.426 e. The van der Waals surface area contributed by atoms with Gasteiger partial charge < -0.3 is 4.74 Å². The fraction of sp³-hybridized carbons (Fsp3) is 0.613. The van der Waals surface area contributed by atoms with Gasteiger partial charge in [0, 0.05) is 12.1 Å². The quantitative estimate of drug-likeness (QED) is 0.171. The molecule has 37 heavy (non-hydrogen) atoms. The number of ether oxygens (including phenoxy) is 1. The van der Waals surface area contributed by atoms with Crippen molar-refractivity contribution in [3.63, 3.8) is 0 Å². The Morgan fingerprint density at radius 1 is 0.757 bits per heavy atom. The summed E-state index contributed by atoms with van der Waals surface area (Å²) in [6, 6.07) is 6.84. The molecular formula is C31H39F5O. The number of alkyl halides is 2. The highest BCUT2D eigenvalue weighted by Gasteiger charge is 2.36. The standard InChI is InChI=1S/C31H39F5O/c1-2-3-4-5-6-21-7-9-22(10-8-21)23-11-13-24(14-12-23)25-15-17-26(18-16-25)31(35,36)37-27-19-28(32)30(34)29(33)20-27/h15-24H,2-14H2,1H3/t21-,22-,23-,24-. The van der Waals surface area contributed by atoms with Gasteiger partial charge in [-0.1, -0.05) is 64.0 Å². The van der Waals surface area contributed by atoms with Crippen LogP contribution in [0.25, 0.3) is 0 Å². The number of benzene rings is 2. The predicted octanol–water partition coefficient (Wildman–Crippen LogP) is 10.3. The molecule has 2 aromatic carbocycles. The lowest BCUT2D eigenvalue weighted by Gasteiger charge is -2.38. The third-order valence-electron chi connectivity index (χ3n) is 8.72. The fourth-order valence-electron chi connectivity index (χ4n) is 6.48. The number of unbranched alkanes of at least 4 members (excludes halogenated alkanes) is 3. The van der Waals surface area contributed by atoms with Crippen LogP contribution in [0, 0.1) is 35.2 Å². The van der Waals surface area contributed by atoms with Crippen LogP contribution < -0.4 is 4.74 Å². The van der Waals surface area contributed by atoms with Crippen molar-refractivity contribution >= 4 is 0 Å². The van der Waals surface area contributed by atoms with Gasteiger partial charge >= 0.3 is 6.11 Å². The Morgan fingerprint density at radius 3 is 1.89 bits per heavy atom. The highest BCUT2D eigenvalue weighted by atomic mass is 19.3. The van der Waals surface area contributed by atoms with Gasteiger partial charge in [0.05, 0.1) is 5.56 Å². The number of hydrogen-bond acceptors (Lipinski definition) is 1. The lowest BCUT2D eigenvalue weighted by Crippen LogP contribution is -2.25. The third kappa shape index (κ3) is 7.26. The summed E-state index contributed by atoms with van der Waals surface area (Å²) in [5.41, 5.74) is 0.620. The normalized spacial score (nSPS) is 24.7. The number of hydrogen-bond donors (Lipinski definition) is 0. The van der Waals surface area contributed by atoms with Crippen LogP contribution in [-0.2, 0) is 6.11 Å². The molecule has 0 unspecified atom stereocenters. The van der Waals surface area contributed by atoms with Gasteiger partial charge in [0.1, 0.15) is 5.75 Å². The summed E-state index contributed by atoms with van der Waals surface area (Å²) in [5.74, 6) is -2.74. The van der Waals surface area contributed by atoms with Gasteiger partial charge in [-0.15, -0.1) is 0 Å². The minimum atomic E-state index is -3.80. The van der Waals surface area contributed by atoms with E-state index in [-0.39, 0.29) is 0 Å². The molecule has 4 rings (SSSR count). The zero-order chi connectivity index (χ0) is 26.4. The second kappa shape index (κ2) is 12.6. The molecule has 0 amide bonds. The average molecular weight is 523 g/mol. The van der Waals surface area contributed by atoms with Gasteiger partial charge in [-0.25, -0.2) is 13.2 Å². The Labute approximate surface area is 217 Å². The summed E-state index contributed by atoms with van der Waals surface area (Å²) in [4.78, 5) is 0. The van der Waals surface area contributed by atoms with Gasteiger partial charge in [0.15, 0.2) is 17.5 Å². The molecular weight excluding hydrogens is 483 g/mol. The minimum absolute atomic E-state index is 0.357. The van der Waals surface area contributed by atoms with Crippen LogP contribution in [0.4, 0.5) is 22.0 Å². The Kier molecular flexibility index (Phi) is 9.52. The Hall–Kier alpha value is -2.11. The zero-order valence-corrected chi connectivity index (χ0v) is 21.8.